The van der Waals surface area contributed by atoms with Crippen molar-refractivity contribution in [2.75, 3.05) is 28.6 Å². The summed E-state index contributed by atoms with van der Waals surface area (Å²) in [5, 5.41) is 11.3. The number of carbonyl (C=O) groups excluding carboxylic acids is 3. The van der Waals surface area contributed by atoms with Crippen LogP contribution in [0, 0.1) is 25.5 Å². The molecule has 3 amide bonds. The summed E-state index contributed by atoms with van der Waals surface area (Å²) >= 11 is 0. The van der Waals surface area contributed by atoms with Crippen molar-refractivity contribution >= 4 is 41.0 Å². The Morgan fingerprint density at radius 1 is 0.961 bits per heavy atom. The molecule has 51 heavy (non-hydrogen) atoms. The molecule has 0 bridgehead atoms. The summed E-state index contributed by atoms with van der Waals surface area (Å²) in [5.74, 6) is -6.86. The lowest BCUT2D eigenvalue weighted by molar-refractivity contribution is -0.189. The third-order valence-electron chi connectivity index (χ3n) is 7.69. The number of esters is 1. The fourth-order valence-corrected chi connectivity index (χ4v) is 5.30. The molecular formula is C35H34F5N7O4. The summed E-state index contributed by atoms with van der Waals surface area (Å²) in [6.45, 7) is 7.11. The number of ether oxygens (including phenoxy) is 1. The van der Waals surface area contributed by atoms with E-state index in [2.05, 4.69) is 31.2 Å². The molecule has 0 saturated heterocycles. The smallest absolute Gasteiger partial charge is 0.418 e. The second kappa shape index (κ2) is 15.0. The summed E-state index contributed by atoms with van der Waals surface area (Å²) in [6, 6.07) is 12.0. The van der Waals surface area contributed by atoms with E-state index in [1.54, 1.807) is 13.8 Å². The number of fused-ring (bicyclic) bond motifs is 1. The molecule has 4 aromatic rings. The van der Waals surface area contributed by atoms with Crippen LogP contribution in [0.25, 0.3) is 11.3 Å². The van der Waals surface area contributed by atoms with E-state index in [4.69, 9.17) is 4.74 Å². The van der Waals surface area contributed by atoms with Crippen LogP contribution in [0.3, 0.4) is 0 Å². The minimum atomic E-state index is -5.44. The second-order valence-electron chi connectivity index (χ2n) is 12.0. The highest BCUT2D eigenvalue weighted by molar-refractivity contribution is 6.04. The van der Waals surface area contributed by atoms with Gasteiger partial charge in [-0.3, -0.25) is 4.79 Å². The Morgan fingerprint density at radius 2 is 1.63 bits per heavy atom. The van der Waals surface area contributed by atoms with Gasteiger partial charge in [-0.15, -0.1) is 0 Å². The third kappa shape index (κ3) is 8.16. The molecule has 0 atom stereocenters. The summed E-state index contributed by atoms with van der Waals surface area (Å²) < 4.78 is 76.0. The first-order valence-electron chi connectivity index (χ1n) is 15.9. The average molecular weight is 712 g/mol. The number of alkyl halides is 3. The lowest BCUT2D eigenvalue weighted by Gasteiger charge is -2.31. The predicted octanol–water partition coefficient (Wildman–Crippen LogP) is 6.92. The SMILES string of the molecule is Cc1ccc(NCCCNc2nc(-c3c(C)ccc(C(=O)NC(C)C)c3OC(=O)C(F)(F)F)c3c(n2)N(c2c(F)cccc2F)C(=O)NC3)cc1. The molecule has 1 aliphatic rings. The highest BCUT2D eigenvalue weighted by Gasteiger charge is 2.43. The average Bonchev–Trinajstić information content (AvgIpc) is 3.05. The standard InChI is InChI=1S/C35H34F5N7O4/c1-18(2)44-31(48)22-14-11-20(4)26(29(22)51-32(49)35(38,39)40)27-23-17-43-34(50)47(28-24(36)7-5-8-25(28)37)30(23)46-33(45-27)42-16-6-15-41-21-12-9-19(3)10-13-21/h5,7-14,18,41H,6,15-17H2,1-4H3,(H,43,50)(H,44,48)(H,42,45,46). The summed E-state index contributed by atoms with van der Waals surface area (Å²) in [6.07, 6.45) is -4.93. The van der Waals surface area contributed by atoms with Gasteiger partial charge in [0.2, 0.25) is 5.95 Å². The molecule has 0 fully saturated rings. The number of para-hydroxylation sites is 1. The third-order valence-corrected chi connectivity index (χ3v) is 7.69. The number of rotatable bonds is 11. The fourth-order valence-electron chi connectivity index (χ4n) is 5.30. The molecule has 1 aliphatic heterocycles. The molecule has 0 aliphatic carbocycles. The molecule has 0 unspecified atom stereocenters. The Bertz CT molecular complexity index is 1950. The minimum absolute atomic E-state index is 0.0117. The molecule has 3 aromatic carbocycles. The van der Waals surface area contributed by atoms with Gasteiger partial charge in [-0.2, -0.15) is 18.2 Å². The van der Waals surface area contributed by atoms with Crippen molar-refractivity contribution in [1.82, 2.24) is 20.6 Å². The summed E-state index contributed by atoms with van der Waals surface area (Å²) in [5.41, 5.74) is 0.661. The minimum Gasteiger partial charge on any atom is -0.418 e. The highest BCUT2D eigenvalue weighted by Crippen LogP contribution is 2.43. The maximum absolute atomic E-state index is 15.2. The maximum atomic E-state index is 15.2. The van der Waals surface area contributed by atoms with Crippen molar-refractivity contribution in [2.45, 2.75) is 52.9 Å². The van der Waals surface area contributed by atoms with E-state index >= 15 is 8.78 Å². The maximum Gasteiger partial charge on any atom is 0.491 e. The van der Waals surface area contributed by atoms with Gasteiger partial charge in [0, 0.05) is 35.9 Å². The molecule has 11 nitrogen and oxygen atoms in total. The van der Waals surface area contributed by atoms with E-state index in [-0.39, 0.29) is 47.2 Å². The number of carbonyl (C=O) groups is 3. The van der Waals surface area contributed by atoms with Gasteiger partial charge in [0.1, 0.15) is 17.3 Å². The van der Waals surface area contributed by atoms with Crippen LogP contribution in [0.1, 0.15) is 47.3 Å². The van der Waals surface area contributed by atoms with Gasteiger partial charge in [-0.05, 0) is 70.0 Å². The van der Waals surface area contributed by atoms with Crippen LogP contribution in [0.15, 0.2) is 54.6 Å². The molecule has 268 valence electrons. The number of hydrogen-bond acceptors (Lipinski definition) is 8. The number of aromatic nitrogens is 2. The normalized spacial score (nSPS) is 12.7. The molecule has 4 N–H and O–H groups in total. The van der Waals surface area contributed by atoms with E-state index in [9.17, 15) is 27.6 Å². The molecule has 5 rings (SSSR count). The molecular weight excluding hydrogens is 677 g/mol. The molecule has 2 heterocycles. The topological polar surface area (TPSA) is 138 Å². The number of nitrogens with one attached hydrogen (secondary N) is 4. The predicted molar refractivity (Wildman–Crippen MR) is 180 cm³/mol. The van der Waals surface area contributed by atoms with E-state index in [1.807, 2.05) is 31.2 Å². The van der Waals surface area contributed by atoms with Crippen LogP contribution < -0.4 is 30.9 Å². The van der Waals surface area contributed by atoms with Crippen molar-refractivity contribution in [3.05, 3.63) is 88.5 Å². The largest absolute Gasteiger partial charge is 0.491 e. The Labute approximate surface area is 289 Å². The number of halogens is 5. The van der Waals surface area contributed by atoms with Gasteiger partial charge in [0.15, 0.2) is 11.6 Å². The molecule has 0 spiro atoms. The first kappa shape index (κ1) is 36.5. The lowest BCUT2D eigenvalue weighted by Crippen LogP contribution is -2.43. The number of aryl methyl sites for hydroxylation is 2. The van der Waals surface area contributed by atoms with Crippen molar-refractivity contribution < 1.29 is 41.1 Å². The van der Waals surface area contributed by atoms with Gasteiger partial charge < -0.3 is 26.0 Å². The van der Waals surface area contributed by atoms with E-state index in [0.29, 0.717) is 17.9 Å². The van der Waals surface area contributed by atoms with Crippen molar-refractivity contribution in [3.8, 4) is 17.0 Å². The Morgan fingerprint density at radius 3 is 2.27 bits per heavy atom. The molecule has 0 radical (unpaired) electrons. The zero-order valence-electron chi connectivity index (χ0n) is 28.0. The van der Waals surface area contributed by atoms with Crippen LogP contribution in [-0.2, 0) is 11.3 Å². The van der Waals surface area contributed by atoms with Crippen molar-refractivity contribution in [3.63, 3.8) is 0 Å². The summed E-state index contributed by atoms with van der Waals surface area (Å²) in [7, 11) is 0. The van der Waals surface area contributed by atoms with Gasteiger partial charge in [0.25, 0.3) is 5.91 Å². The number of nitrogens with zero attached hydrogens (tertiary/aromatic N) is 3. The van der Waals surface area contributed by atoms with E-state index < -0.39 is 58.8 Å². The number of benzene rings is 3. The number of urea groups is 1. The number of anilines is 4. The summed E-state index contributed by atoms with van der Waals surface area (Å²) in [4.78, 5) is 48.4. The van der Waals surface area contributed by atoms with Crippen molar-refractivity contribution in [2.24, 2.45) is 0 Å². The van der Waals surface area contributed by atoms with Crippen molar-refractivity contribution in [1.29, 1.82) is 0 Å². The number of hydrogen-bond donors (Lipinski definition) is 4. The first-order valence-corrected chi connectivity index (χ1v) is 15.9. The van der Waals surface area contributed by atoms with E-state index in [1.165, 1.54) is 19.1 Å². The molecule has 16 heteroatoms. The first-order chi connectivity index (χ1) is 24.1. The van der Waals surface area contributed by atoms with Gasteiger partial charge in [-0.25, -0.2) is 28.3 Å². The van der Waals surface area contributed by atoms with Gasteiger partial charge >= 0.3 is 18.2 Å². The zero-order chi connectivity index (χ0) is 37.0. The quantitative estimate of drug-likeness (QED) is 0.0570. The zero-order valence-corrected chi connectivity index (χ0v) is 28.0. The Balaban J connectivity index is 1.66. The monoisotopic (exact) mass is 711 g/mol. The Kier molecular flexibility index (Phi) is 10.7. The Hall–Kier alpha value is -5.80. The lowest BCUT2D eigenvalue weighted by atomic mass is 9.95. The molecule has 0 saturated carbocycles. The van der Waals surface area contributed by atoms with Gasteiger partial charge in [-0.1, -0.05) is 29.8 Å². The highest BCUT2D eigenvalue weighted by atomic mass is 19.4. The van der Waals surface area contributed by atoms with Crippen LogP contribution in [-0.4, -0.2) is 53.2 Å². The fraction of sp³-hybridized carbons (Fsp3) is 0.286. The van der Waals surface area contributed by atoms with Crippen LogP contribution >= 0.6 is 0 Å². The molecule has 1 aromatic heterocycles. The van der Waals surface area contributed by atoms with E-state index in [0.717, 1.165) is 29.4 Å². The second-order valence-corrected chi connectivity index (χ2v) is 12.0. The van der Waals surface area contributed by atoms with Gasteiger partial charge in [0.05, 0.1) is 17.8 Å². The number of amides is 3. The van der Waals surface area contributed by atoms with Crippen LogP contribution in [0.4, 0.5) is 49.9 Å². The van der Waals surface area contributed by atoms with Crippen LogP contribution in [0.2, 0.25) is 0 Å². The van der Waals surface area contributed by atoms with Crippen LogP contribution in [0.5, 0.6) is 5.75 Å².